The van der Waals surface area contributed by atoms with Crippen LogP contribution in [-0.4, -0.2) is 32.2 Å². The minimum atomic E-state index is 0.404. The molecule has 4 heteroatoms. The van der Waals surface area contributed by atoms with Gasteiger partial charge < -0.3 is 14.8 Å². The number of hydrogen-bond acceptors (Lipinski definition) is 3. The average Bonchev–Trinajstić information content (AvgIpc) is 2.36. The van der Waals surface area contributed by atoms with Crippen LogP contribution in [0.15, 0.2) is 24.3 Å². The van der Waals surface area contributed by atoms with Gasteiger partial charge in [0.05, 0.1) is 7.11 Å². The minimum Gasteiger partial charge on any atom is -0.493 e. The van der Waals surface area contributed by atoms with Gasteiger partial charge in [0.1, 0.15) is 6.61 Å². The molecule has 0 unspecified atom stereocenters. The number of hydrogen-bond donors (Lipinski definition) is 1. The van der Waals surface area contributed by atoms with Crippen LogP contribution in [0.3, 0.4) is 0 Å². The van der Waals surface area contributed by atoms with Crippen LogP contribution in [0.1, 0.15) is 12.8 Å². The summed E-state index contributed by atoms with van der Waals surface area (Å²) in [5.41, 5.74) is 0. The Kier molecular flexibility index (Phi) is 5.14. The van der Waals surface area contributed by atoms with Crippen molar-refractivity contribution >= 4 is 11.6 Å². The van der Waals surface area contributed by atoms with Crippen LogP contribution in [0.5, 0.6) is 11.5 Å². The Morgan fingerprint density at radius 1 is 1.28 bits per heavy atom. The van der Waals surface area contributed by atoms with E-state index in [-0.39, 0.29) is 0 Å². The first-order valence-corrected chi connectivity index (χ1v) is 6.84. The molecule has 100 valence electrons. The largest absolute Gasteiger partial charge is 0.493 e. The van der Waals surface area contributed by atoms with E-state index in [1.807, 2.05) is 24.3 Å². The summed E-state index contributed by atoms with van der Waals surface area (Å²) < 4.78 is 10.9. The lowest BCUT2D eigenvalue weighted by Gasteiger charge is -2.30. The van der Waals surface area contributed by atoms with Gasteiger partial charge in [0, 0.05) is 11.9 Å². The topological polar surface area (TPSA) is 30.5 Å². The third kappa shape index (κ3) is 3.79. The van der Waals surface area contributed by atoms with Crippen molar-refractivity contribution in [2.75, 3.05) is 26.8 Å². The normalized spacial score (nSPS) is 22.3. The standard InChI is InChI=1S/C14H20ClNO2/c1-17-13-4-2-3-5-14(13)18-7-6-16-10-11-8-12(15)9-11/h2-5,11-12,16H,6-10H2,1H3. The molecule has 3 nitrogen and oxygen atoms in total. The van der Waals surface area contributed by atoms with Crippen LogP contribution in [0, 0.1) is 5.92 Å². The van der Waals surface area contributed by atoms with Gasteiger partial charge in [-0.1, -0.05) is 12.1 Å². The van der Waals surface area contributed by atoms with E-state index in [0.29, 0.717) is 12.0 Å². The van der Waals surface area contributed by atoms with Gasteiger partial charge in [-0.15, -0.1) is 11.6 Å². The number of rotatable bonds is 7. The molecule has 0 spiro atoms. The fourth-order valence-corrected chi connectivity index (χ4v) is 2.60. The maximum absolute atomic E-state index is 5.93. The van der Waals surface area contributed by atoms with Crippen molar-refractivity contribution in [1.82, 2.24) is 5.32 Å². The number of para-hydroxylation sites is 2. The molecule has 0 radical (unpaired) electrons. The van der Waals surface area contributed by atoms with Gasteiger partial charge in [-0.2, -0.15) is 0 Å². The van der Waals surface area contributed by atoms with Crippen molar-refractivity contribution < 1.29 is 9.47 Å². The van der Waals surface area contributed by atoms with E-state index in [0.717, 1.165) is 43.3 Å². The zero-order chi connectivity index (χ0) is 12.8. The zero-order valence-electron chi connectivity index (χ0n) is 10.7. The van der Waals surface area contributed by atoms with Gasteiger partial charge in [-0.3, -0.25) is 0 Å². The molecule has 1 fully saturated rings. The maximum Gasteiger partial charge on any atom is 0.161 e. The van der Waals surface area contributed by atoms with E-state index in [4.69, 9.17) is 21.1 Å². The van der Waals surface area contributed by atoms with Crippen LogP contribution in [-0.2, 0) is 0 Å². The highest BCUT2D eigenvalue weighted by Crippen LogP contribution is 2.31. The monoisotopic (exact) mass is 269 g/mol. The molecular formula is C14H20ClNO2. The lowest BCUT2D eigenvalue weighted by molar-refractivity contribution is 0.271. The summed E-state index contributed by atoms with van der Waals surface area (Å²) in [6, 6.07) is 7.70. The summed E-state index contributed by atoms with van der Waals surface area (Å²) in [7, 11) is 1.65. The summed E-state index contributed by atoms with van der Waals surface area (Å²) >= 11 is 5.93. The summed E-state index contributed by atoms with van der Waals surface area (Å²) in [5, 5.41) is 3.80. The molecule has 1 saturated carbocycles. The number of nitrogens with one attached hydrogen (secondary N) is 1. The van der Waals surface area contributed by atoms with Crippen LogP contribution < -0.4 is 14.8 Å². The first-order valence-electron chi connectivity index (χ1n) is 6.40. The first kappa shape index (κ1) is 13.5. The third-order valence-corrected chi connectivity index (χ3v) is 3.57. The summed E-state index contributed by atoms with van der Waals surface area (Å²) in [4.78, 5) is 0. The molecule has 2 rings (SSSR count). The zero-order valence-corrected chi connectivity index (χ0v) is 11.5. The lowest BCUT2D eigenvalue weighted by Crippen LogP contribution is -2.35. The van der Waals surface area contributed by atoms with Gasteiger partial charge in [0.15, 0.2) is 11.5 Å². The summed E-state index contributed by atoms with van der Waals surface area (Å²) in [6.45, 7) is 2.54. The summed E-state index contributed by atoms with van der Waals surface area (Å²) in [6.07, 6.45) is 2.28. The Balaban J connectivity index is 1.60. The summed E-state index contributed by atoms with van der Waals surface area (Å²) in [5.74, 6) is 2.33. The number of methoxy groups -OCH3 is 1. The first-order chi connectivity index (χ1) is 8.79. The van der Waals surface area contributed by atoms with E-state index in [2.05, 4.69) is 5.32 Å². The Bertz CT molecular complexity index is 367. The number of halogens is 1. The molecule has 1 aliphatic carbocycles. The molecule has 1 aromatic carbocycles. The molecule has 0 aromatic heterocycles. The van der Waals surface area contributed by atoms with Crippen molar-refractivity contribution in [3.63, 3.8) is 0 Å². The Morgan fingerprint density at radius 2 is 2.00 bits per heavy atom. The van der Waals surface area contributed by atoms with E-state index in [1.54, 1.807) is 7.11 Å². The van der Waals surface area contributed by atoms with Crippen LogP contribution >= 0.6 is 11.6 Å². The van der Waals surface area contributed by atoms with Gasteiger partial charge in [0.25, 0.3) is 0 Å². The van der Waals surface area contributed by atoms with Crippen LogP contribution in [0.4, 0.5) is 0 Å². The van der Waals surface area contributed by atoms with Crippen molar-refractivity contribution in [3.05, 3.63) is 24.3 Å². The molecule has 0 heterocycles. The highest BCUT2D eigenvalue weighted by molar-refractivity contribution is 6.21. The Labute approximate surface area is 113 Å². The predicted molar refractivity (Wildman–Crippen MR) is 73.7 cm³/mol. The van der Waals surface area contributed by atoms with Crippen LogP contribution in [0.2, 0.25) is 0 Å². The third-order valence-electron chi connectivity index (χ3n) is 3.22. The molecule has 0 aliphatic heterocycles. The smallest absolute Gasteiger partial charge is 0.161 e. The van der Waals surface area contributed by atoms with Crippen molar-refractivity contribution in [1.29, 1.82) is 0 Å². The van der Waals surface area contributed by atoms with Crippen molar-refractivity contribution in [2.24, 2.45) is 5.92 Å². The Morgan fingerprint density at radius 3 is 2.67 bits per heavy atom. The fourth-order valence-electron chi connectivity index (χ4n) is 2.10. The molecule has 1 aliphatic rings. The molecule has 1 aromatic rings. The molecule has 0 saturated heterocycles. The number of ether oxygens (including phenoxy) is 2. The lowest BCUT2D eigenvalue weighted by atomic mass is 9.85. The second-order valence-corrected chi connectivity index (χ2v) is 5.26. The second kappa shape index (κ2) is 6.86. The number of alkyl halides is 1. The highest BCUT2D eigenvalue weighted by atomic mass is 35.5. The van der Waals surface area contributed by atoms with E-state index in [9.17, 15) is 0 Å². The second-order valence-electron chi connectivity index (χ2n) is 4.64. The molecule has 0 amide bonds. The average molecular weight is 270 g/mol. The number of benzene rings is 1. The SMILES string of the molecule is COc1ccccc1OCCNCC1CC(Cl)C1. The van der Waals surface area contributed by atoms with E-state index in [1.165, 1.54) is 0 Å². The van der Waals surface area contributed by atoms with Gasteiger partial charge in [-0.05, 0) is 37.4 Å². The van der Waals surface area contributed by atoms with Crippen LogP contribution in [0.25, 0.3) is 0 Å². The molecule has 18 heavy (non-hydrogen) atoms. The fraction of sp³-hybridized carbons (Fsp3) is 0.571. The van der Waals surface area contributed by atoms with Gasteiger partial charge >= 0.3 is 0 Å². The highest BCUT2D eigenvalue weighted by Gasteiger charge is 2.26. The molecule has 0 bridgehead atoms. The molecule has 0 atom stereocenters. The molecule has 1 N–H and O–H groups in total. The van der Waals surface area contributed by atoms with Gasteiger partial charge in [0.2, 0.25) is 0 Å². The van der Waals surface area contributed by atoms with Crippen molar-refractivity contribution in [2.45, 2.75) is 18.2 Å². The maximum atomic E-state index is 5.93. The minimum absolute atomic E-state index is 0.404. The van der Waals surface area contributed by atoms with Crippen molar-refractivity contribution in [3.8, 4) is 11.5 Å². The predicted octanol–water partition coefficient (Wildman–Crippen LogP) is 2.68. The Hall–Kier alpha value is -0.930. The van der Waals surface area contributed by atoms with Gasteiger partial charge in [-0.25, -0.2) is 0 Å². The quantitative estimate of drug-likeness (QED) is 0.610. The molecular weight excluding hydrogens is 250 g/mol. The van der Waals surface area contributed by atoms with E-state index < -0.39 is 0 Å². The van der Waals surface area contributed by atoms with E-state index >= 15 is 0 Å².